The second-order valence-corrected chi connectivity index (χ2v) is 8.45. The maximum absolute atomic E-state index is 13.3. The minimum atomic E-state index is -0.315. The predicted molar refractivity (Wildman–Crippen MR) is 105 cm³/mol. The summed E-state index contributed by atoms with van der Waals surface area (Å²) >= 11 is 1.56. The number of ether oxygens (including phenoxy) is 1. The van der Waals surface area contributed by atoms with E-state index in [4.69, 9.17) is 4.74 Å². The van der Waals surface area contributed by atoms with Crippen molar-refractivity contribution in [1.82, 2.24) is 20.6 Å². The third-order valence-electron chi connectivity index (χ3n) is 5.55. The van der Waals surface area contributed by atoms with Crippen LogP contribution in [0.25, 0.3) is 11.0 Å². The van der Waals surface area contributed by atoms with Crippen LogP contribution in [0.4, 0.5) is 4.39 Å². The van der Waals surface area contributed by atoms with E-state index in [-0.39, 0.29) is 23.9 Å². The minimum absolute atomic E-state index is 0.116. The predicted octanol–water partition coefficient (Wildman–Crippen LogP) is 2.84. The molecule has 0 bridgehead atoms. The third-order valence-corrected chi connectivity index (χ3v) is 6.75. The lowest BCUT2D eigenvalue weighted by Gasteiger charge is -2.40. The number of hydrogen-bond acceptors (Lipinski definition) is 5. The Morgan fingerprint density at radius 3 is 3.04 bits per heavy atom. The Bertz CT molecular complexity index is 1040. The molecule has 2 aliphatic rings. The molecule has 1 aromatic carbocycles. The van der Waals surface area contributed by atoms with Crippen LogP contribution in [0.5, 0.6) is 0 Å². The van der Waals surface area contributed by atoms with Crippen molar-refractivity contribution in [3.8, 4) is 0 Å². The van der Waals surface area contributed by atoms with Crippen LogP contribution in [0.15, 0.2) is 24.3 Å². The summed E-state index contributed by atoms with van der Waals surface area (Å²) in [4.78, 5) is 22.1. The van der Waals surface area contributed by atoms with E-state index in [9.17, 15) is 9.18 Å². The zero-order chi connectivity index (χ0) is 19.1. The fourth-order valence-corrected chi connectivity index (χ4v) is 5.29. The summed E-state index contributed by atoms with van der Waals surface area (Å²) in [5, 5.41) is 6.30. The van der Waals surface area contributed by atoms with Gasteiger partial charge in [0.2, 0.25) is 0 Å². The molecule has 0 unspecified atom stereocenters. The van der Waals surface area contributed by atoms with Crippen molar-refractivity contribution in [3.05, 3.63) is 51.2 Å². The van der Waals surface area contributed by atoms with Crippen molar-refractivity contribution in [3.63, 3.8) is 0 Å². The van der Waals surface area contributed by atoms with Gasteiger partial charge in [-0.25, -0.2) is 9.37 Å². The largest absolute Gasteiger partial charge is 0.370 e. The van der Waals surface area contributed by atoms with Crippen LogP contribution in [0.2, 0.25) is 0 Å². The first kappa shape index (κ1) is 17.8. The van der Waals surface area contributed by atoms with Gasteiger partial charge in [-0.3, -0.25) is 4.79 Å². The number of halogens is 1. The molecule has 0 saturated carbocycles. The summed E-state index contributed by atoms with van der Waals surface area (Å²) in [6, 6.07) is 6.41. The second kappa shape index (κ2) is 6.95. The Balaban J connectivity index is 1.33. The standard InChI is InChI=1S/C20H21FN4O2S/c21-12-1-2-14-15(9-12)25-18(24-14)11-23-19(26)17-10-13-16(28-17)3-8-27-20(13)4-6-22-7-5-20/h1-2,9-10,22H,3-8,11H2,(H,23,26)(H,24,25). The Morgan fingerprint density at radius 2 is 2.18 bits per heavy atom. The quantitative estimate of drug-likeness (QED) is 0.632. The highest BCUT2D eigenvalue weighted by Gasteiger charge is 2.40. The van der Waals surface area contributed by atoms with Gasteiger partial charge in [0.1, 0.15) is 11.6 Å². The van der Waals surface area contributed by atoms with Crippen LogP contribution < -0.4 is 10.6 Å². The molecule has 2 aromatic heterocycles. The number of fused-ring (bicyclic) bond motifs is 3. The Labute approximate surface area is 165 Å². The summed E-state index contributed by atoms with van der Waals surface area (Å²) in [6.45, 7) is 2.85. The number of rotatable bonds is 3. The number of carbonyl (C=O) groups excluding carboxylic acids is 1. The van der Waals surface area contributed by atoms with Crippen LogP contribution in [0.1, 0.15) is 38.8 Å². The van der Waals surface area contributed by atoms with E-state index in [1.165, 1.54) is 22.6 Å². The van der Waals surface area contributed by atoms with Crippen LogP contribution in [-0.4, -0.2) is 35.6 Å². The van der Waals surface area contributed by atoms with Crippen molar-refractivity contribution in [2.24, 2.45) is 0 Å². The number of imidazole rings is 1. The topological polar surface area (TPSA) is 79.0 Å². The van der Waals surface area contributed by atoms with Crippen molar-refractivity contribution in [2.45, 2.75) is 31.4 Å². The molecule has 1 spiro atoms. The summed E-state index contributed by atoms with van der Waals surface area (Å²) in [5.41, 5.74) is 2.26. The molecule has 28 heavy (non-hydrogen) atoms. The Morgan fingerprint density at radius 1 is 1.32 bits per heavy atom. The number of thiophene rings is 1. The van der Waals surface area contributed by atoms with E-state index < -0.39 is 0 Å². The van der Waals surface area contributed by atoms with Crippen molar-refractivity contribution < 1.29 is 13.9 Å². The van der Waals surface area contributed by atoms with Crippen molar-refractivity contribution in [2.75, 3.05) is 19.7 Å². The average molecular weight is 400 g/mol. The highest BCUT2D eigenvalue weighted by atomic mass is 32.1. The van der Waals surface area contributed by atoms with E-state index in [0.717, 1.165) is 32.4 Å². The summed E-state index contributed by atoms with van der Waals surface area (Å²) in [5.74, 6) is 0.175. The molecule has 5 rings (SSSR count). The molecule has 6 nitrogen and oxygen atoms in total. The number of H-pyrrole nitrogens is 1. The van der Waals surface area contributed by atoms with E-state index in [1.54, 1.807) is 17.4 Å². The molecule has 0 atom stereocenters. The molecule has 1 amide bonds. The average Bonchev–Trinajstić information content (AvgIpc) is 3.31. The number of benzene rings is 1. The molecule has 0 radical (unpaired) electrons. The number of amides is 1. The van der Waals surface area contributed by atoms with Gasteiger partial charge in [-0.15, -0.1) is 11.3 Å². The molecular formula is C20H21FN4O2S. The zero-order valence-corrected chi connectivity index (χ0v) is 16.1. The summed E-state index contributed by atoms with van der Waals surface area (Å²) in [7, 11) is 0. The molecule has 4 heterocycles. The Kier molecular flexibility index (Phi) is 4.41. The zero-order valence-electron chi connectivity index (χ0n) is 15.3. The Hall–Kier alpha value is -2.29. The van der Waals surface area contributed by atoms with Crippen LogP contribution >= 0.6 is 11.3 Å². The van der Waals surface area contributed by atoms with Crippen molar-refractivity contribution >= 4 is 28.3 Å². The van der Waals surface area contributed by atoms with Crippen LogP contribution in [-0.2, 0) is 23.3 Å². The second-order valence-electron chi connectivity index (χ2n) is 7.32. The lowest BCUT2D eigenvalue weighted by atomic mass is 9.83. The minimum Gasteiger partial charge on any atom is -0.370 e. The van der Waals surface area contributed by atoms with Gasteiger partial charge in [0, 0.05) is 11.3 Å². The molecule has 3 aromatic rings. The normalized spacial score (nSPS) is 18.3. The monoisotopic (exact) mass is 400 g/mol. The highest BCUT2D eigenvalue weighted by molar-refractivity contribution is 7.14. The number of hydrogen-bond donors (Lipinski definition) is 3. The number of piperidine rings is 1. The molecule has 0 aliphatic carbocycles. The lowest BCUT2D eigenvalue weighted by Crippen LogP contribution is -2.44. The van der Waals surface area contributed by atoms with E-state index in [1.807, 2.05) is 6.07 Å². The number of aromatic nitrogens is 2. The van der Waals surface area contributed by atoms with E-state index >= 15 is 0 Å². The summed E-state index contributed by atoms with van der Waals surface area (Å²) < 4.78 is 19.5. The molecular weight excluding hydrogens is 379 g/mol. The lowest BCUT2D eigenvalue weighted by molar-refractivity contribution is -0.0792. The molecule has 146 valence electrons. The van der Waals surface area contributed by atoms with Gasteiger partial charge in [0.05, 0.1) is 34.7 Å². The first-order valence-electron chi connectivity index (χ1n) is 9.53. The SMILES string of the molecule is O=C(NCc1nc2ccc(F)cc2[nH]1)c1cc2c(s1)CCOC21CCNCC1. The molecule has 3 N–H and O–H groups in total. The fraction of sp³-hybridized carbons (Fsp3) is 0.400. The van der Waals surface area contributed by atoms with E-state index in [0.29, 0.717) is 28.3 Å². The fourth-order valence-electron chi connectivity index (χ4n) is 4.14. The number of aromatic amines is 1. The maximum atomic E-state index is 13.3. The molecule has 8 heteroatoms. The molecule has 1 fully saturated rings. The maximum Gasteiger partial charge on any atom is 0.261 e. The third kappa shape index (κ3) is 3.11. The van der Waals surface area contributed by atoms with Gasteiger partial charge in [0.25, 0.3) is 5.91 Å². The van der Waals surface area contributed by atoms with Gasteiger partial charge in [-0.2, -0.15) is 0 Å². The first-order valence-corrected chi connectivity index (χ1v) is 10.3. The number of nitrogens with one attached hydrogen (secondary N) is 3. The van der Waals surface area contributed by atoms with Gasteiger partial charge in [-0.1, -0.05) is 0 Å². The number of nitrogens with zero attached hydrogens (tertiary/aromatic N) is 1. The van der Waals surface area contributed by atoms with Gasteiger partial charge < -0.3 is 20.4 Å². The van der Waals surface area contributed by atoms with Crippen LogP contribution in [0.3, 0.4) is 0 Å². The van der Waals surface area contributed by atoms with Gasteiger partial charge in [-0.05, 0) is 55.8 Å². The van der Waals surface area contributed by atoms with Gasteiger partial charge >= 0.3 is 0 Å². The molecule has 1 saturated heterocycles. The smallest absolute Gasteiger partial charge is 0.261 e. The first-order chi connectivity index (χ1) is 13.6. The highest BCUT2D eigenvalue weighted by Crippen LogP contribution is 2.43. The van der Waals surface area contributed by atoms with E-state index in [2.05, 4.69) is 20.6 Å². The molecule has 2 aliphatic heterocycles. The van der Waals surface area contributed by atoms with Crippen molar-refractivity contribution in [1.29, 1.82) is 0 Å². The van der Waals surface area contributed by atoms with Crippen LogP contribution in [0, 0.1) is 5.82 Å². The number of carbonyl (C=O) groups is 1. The summed E-state index contributed by atoms with van der Waals surface area (Å²) in [6.07, 6.45) is 2.73. The van der Waals surface area contributed by atoms with Gasteiger partial charge in [0.15, 0.2) is 0 Å².